The van der Waals surface area contributed by atoms with Gasteiger partial charge in [0.05, 0.1) is 23.9 Å². The summed E-state index contributed by atoms with van der Waals surface area (Å²) in [7, 11) is -0.00229. The standard InChI is InChI=1S/C17H22N6O3S/c1-11-14-7-13(8-19-17(14)23(3)20-11)27(24,25)21-12-4-5-26-16(6-12)15-9-18-10-22(15)2/h7-10,12,16,21H,4-6H2,1-3H3. The maximum absolute atomic E-state index is 12.9. The summed E-state index contributed by atoms with van der Waals surface area (Å²) in [4.78, 5) is 8.53. The van der Waals surface area contributed by atoms with E-state index in [4.69, 9.17) is 4.74 Å². The molecule has 0 radical (unpaired) electrons. The average molecular weight is 390 g/mol. The van der Waals surface area contributed by atoms with Crippen LogP contribution in [0.4, 0.5) is 0 Å². The van der Waals surface area contributed by atoms with Crippen molar-refractivity contribution >= 4 is 21.1 Å². The lowest BCUT2D eigenvalue weighted by Crippen LogP contribution is -2.40. The van der Waals surface area contributed by atoms with E-state index in [0.717, 1.165) is 16.8 Å². The molecule has 27 heavy (non-hydrogen) atoms. The first-order chi connectivity index (χ1) is 12.8. The van der Waals surface area contributed by atoms with E-state index in [1.807, 2.05) is 18.5 Å². The van der Waals surface area contributed by atoms with Gasteiger partial charge >= 0.3 is 0 Å². The van der Waals surface area contributed by atoms with Crippen LogP contribution in [0.25, 0.3) is 11.0 Å². The lowest BCUT2D eigenvalue weighted by atomic mass is 10.0. The molecule has 0 aromatic carbocycles. The van der Waals surface area contributed by atoms with Crippen LogP contribution in [-0.2, 0) is 28.9 Å². The first-order valence-electron chi connectivity index (χ1n) is 8.74. The van der Waals surface area contributed by atoms with Crippen molar-refractivity contribution in [1.29, 1.82) is 0 Å². The first kappa shape index (κ1) is 18.1. The largest absolute Gasteiger partial charge is 0.372 e. The minimum absolute atomic E-state index is 0.148. The number of fused-ring (bicyclic) bond motifs is 1. The number of sulfonamides is 1. The van der Waals surface area contributed by atoms with Crippen LogP contribution in [0, 0.1) is 6.92 Å². The number of nitrogens with zero attached hydrogens (tertiary/aromatic N) is 5. The lowest BCUT2D eigenvalue weighted by Gasteiger charge is -2.30. The third-order valence-electron chi connectivity index (χ3n) is 4.94. The predicted molar refractivity (Wildman–Crippen MR) is 98.5 cm³/mol. The Balaban J connectivity index is 1.56. The fraction of sp³-hybridized carbons (Fsp3) is 0.471. The Morgan fingerprint density at radius 1 is 1.30 bits per heavy atom. The van der Waals surface area contributed by atoms with Crippen molar-refractivity contribution in [3.05, 3.63) is 36.2 Å². The molecule has 144 valence electrons. The van der Waals surface area contributed by atoms with Gasteiger partial charge in [-0.3, -0.25) is 4.68 Å². The van der Waals surface area contributed by atoms with Crippen molar-refractivity contribution in [2.75, 3.05) is 6.61 Å². The first-order valence-corrected chi connectivity index (χ1v) is 10.2. The van der Waals surface area contributed by atoms with E-state index in [-0.39, 0.29) is 17.0 Å². The molecule has 1 fully saturated rings. The van der Waals surface area contributed by atoms with E-state index in [1.165, 1.54) is 6.20 Å². The van der Waals surface area contributed by atoms with E-state index in [2.05, 4.69) is 19.8 Å². The number of hydrogen-bond donors (Lipinski definition) is 1. The summed E-state index contributed by atoms with van der Waals surface area (Å²) < 4.78 is 37.9. The summed E-state index contributed by atoms with van der Waals surface area (Å²) in [5, 5.41) is 5.03. The van der Waals surface area contributed by atoms with Crippen molar-refractivity contribution in [2.45, 2.75) is 36.8 Å². The number of imidazole rings is 1. The molecule has 3 aromatic heterocycles. The molecule has 2 atom stereocenters. The zero-order valence-electron chi connectivity index (χ0n) is 15.5. The molecule has 1 saturated heterocycles. The van der Waals surface area contributed by atoms with Gasteiger partial charge in [0.15, 0.2) is 5.65 Å². The highest BCUT2D eigenvalue weighted by atomic mass is 32.2. The van der Waals surface area contributed by atoms with E-state index in [1.54, 1.807) is 30.3 Å². The monoisotopic (exact) mass is 390 g/mol. The lowest BCUT2D eigenvalue weighted by molar-refractivity contribution is -0.0000447. The van der Waals surface area contributed by atoms with Crippen molar-refractivity contribution in [3.63, 3.8) is 0 Å². The molecular formula is C17H22N6O3S. The molecule has 0 bridgehead atoms. The van der Waals surface area contributed by atoms with Gasteiger partial charge in [0.25, 0.3) is 0 Å². The summed E-state index contributed by atoms with van der Waals surface area (Å²) in [6, 6.07) is 1.42. The second-order valence-corrected chi connectivity index (χ2v) is 8.60. The number of aryl methyl sites for hydroxylation is 3. The molecule has 10 heteroatoms. The topological polar surface area (TPSA) is 104 Å². The normalized spacial score (nSPS) is 21.0. The summed E-state index contributed by atoms with van der Waals surface area (Å²) in [6.07, 6.45) is 5.84. The Bertz CT molecular complexity index is 1090. The van der Waals surface area contributed by atoms with Gasteiger partial charge in [-0.05, 0) is 25.8 Å². The number of rotatable bonds is 4. The minimum atomic E-state index is -3.69. The van der Waals surface area contributed by atoms with Gasteiger partial charge in [-0.2, -0.15) is 5.10 Å². The van der Waals surface area contributed by atoms with Gasteiger partial charge in [-0.1, -0.05) is 0 Å². The smallest absolute Gasteiger partial charge is 0.242 e. The van der Waals surface area contributed by atoms with Gasteiger partial charge in [0.1, 0.15) is 11.0 Å². The summed E-state index contributed by atoms with van der Waals surface area (Å²) in [6.45, 7) is 2.33. The Labute approximate surface area is 157 Å². The number of pyridine rings is 1. The third-order valence-corrected chi connectivity index (χ3v) is 6.43. The highest BCUT2D eigenvalue weighted by Gasteiger charge is 2.29. The second-order valence-electron chi connectivity index (χ2n) is 6.88. The van der Waals surface area contributed by atoms with Crippen LogP contribution in [0.15, 0.2) is 29.7 Å². The second kappa shape index (κ2) is 6.70. The van der Waals surface area contributed by atoms with Gasteiger partial charge in [0, 0.05) is 38.3 Å². The van der Waals surface area contributed by atoms with Crippen LogP contribution in [-0.4, -0.2) is 45.4 Å². The molecule has 1 N–H and O–H groups in total. The molecule has 1 aliphatic heterocycles. The third kappa shape index (κ3) is 3.35. The van der Waals surface area contributed by atoms with E-state index >= 15 is 0 Å². The quantitative estimate of drug-likeness (QED) is 0.718. The number of aromatic nitrogens is 5. The van der Waals surface area contributed by atoms with Crippen molar-refractivity contribution in [2.24, 2.45) is 14.1 Å². The van der Waals surface area contributed by atoms with E-state index < -0.39 is 10.0 Å². The molecule has 4 rings (SSSR count). The molecule has 0 spiro atoms. The Morgan fingerprint density at radius 2 is 2.11 bits per heavy atom. The highest BCUT2D eigenvalue weighted by molar-refractivity contribution is 7.89. The molecule has 0 aliphatic carbocycles. The maximum atomic E-state index is 12.9. The van der Waals surface area contributed by atoms with Gasteiger partial charge in [-0.15, -0.1) is 0 Å². The SMILES string of the molecule is Cc1nn(C)c2ncc(S(=O)(=O)NC3CCOC(c4cncn4C)C3)cc12. The van der Waals surface area contributed by atoms with Crippen LogP contribution >= 0.6 is 0 Å². The average Bonchev–Trinajstić information content (AvgIpc) is 3.18. The van der Waals surface area contributed by atoms with Crippen LogP contribution in [0.2, 0.25) is 0 Å². The van der Waals surface area contributed by atoms with Crippen LogP contribution in [0.5, 0.6) is 0 Å². The van der Waals surface area contributed by atoms with Crippen LogP contribution < -0.4 is 4.72 Å². The summed E-state index contributed by atoms with van der Waals surface area (Å²) in [5.41, 5.74) is 2.35. The number of ether oxygens (including phenoxy) is 1. The summed E-state index contributed by atoms with van der Waals surface area (Å²) >= 11 is 0. The van der Waals surface area contributed by atoms with Crippen LogP contribution in [0.1, 0.15) is 30.3 Å². The fourth-order valence-electron chi connectivity index (χ4n) is 3.51. The van der Waals surface area contributed by atoms with Gasteiger partial charge < -0.3 is 9.30 Å². The molecule has 0 amide bonds. The molecule has 0 saturated carbocycles. The van der Waals surface area contributed by atoms with Crippen LogP contribution in [0.3, 0.4) is 0 Å². The molecule has 3 aromatic rings. The Morgan fingerprint density at radius 3 is 2.85 bits per heavy atom. The van der Waals surface area contributed by atoms with Crippen molar-refractivity contribution in [1.82, 2.24) is 29.0 Å². The molecule has 4 heterocycles. The highest BCUT2D eigenvalue weighted by Crippen LogP contribution is 2.28. The summed E-state index contributed by atoms with van der Waals surface area (Å²) in [5.74, 6) is 0. The number of hydrogen-bond acceptors (Lipinski definition) is 6. The van der Waals surface area contributed by atoms with Gasteiger partial charge in [-0.25, -0.2) is 23.1 Å². The van der Waals surface area contributed by atoms with Crippen molar-refractivity contribution < 1.29 is 13.2 Å². The zero-order chi connectivity index (χ0) is 19.2. The number of nitrogens with one attached hydrogen (secondary N) is 1. The minimum Gasteiger partial charge on any atom is -0.372 e. The Hall–Kier alpha value is -2.30. The van der Waals surface area contributed by atoms with Crippen molar-refractivity contribution in [3.8, 4) is 0 Å². The molecule has 9 nitrogen and oxygen atoms in total. The van der Waals surface area contributed by atoms with Gasteiger partial charge in [0.2, 0.25) is 10.0 Å². The Kier molecular flexibility index (Phi) is 4.49. The fourth-order valence-corrected chi connectivity index (χ4v) is 4.76. The molecule has 2 unspecified atom stereocenters. The predicted octanol–water partition coefficient (Wildman–Crippen LogP) is 1.21. The van der Waals surface area contributed by atoms with E-state index in [9.17, 15) is 8.42 Å². The zero-order valence-corrected chi connectivity index (χ0v) is 16.3. The maximum Gasteiger partial charge on any atom is 0.242 e. The van der Waals surface area contributed by atoms with E-state index in [0.29, 0.717) is 25.1 Å². The molecule has 1 aliphatic rings. The molecular weight excluding hydrogens is 368 g/mol.